The number of rotatable bonds is 11. The van der Waals surface area contributed by atoms with Crippen LogP contribution in [0.25, 0.3) is 0 Å². The molecule has 2 amide bonds. The monoisotopic (exact) mass is 472 g/mol. The van der Waals surface area contributed by atoms with Crippen molar-refractivity contribution in [3.8, 4) is 11.5 Å². The molecule has 1 N–H and O–H groups in total. The second kappa shape index (κ2) is 11.8. The van der Waals surface area contributed by atoms with Crippen LogP contribution in [0, 0.1) is 18.6 Å². The maximum Gasteiger partial charge on any atom is 0.244 e. The van der Waals surface area contributed by atoms with Gasteiger partial charge in [0.2, 0.25) is 11.8 Å². The van der Waals surface area contributed by atoms with Gasteiger partial charge in [0.05, 0.1) is 31.5 Å². The van der Waals surface area contributed by atoms with Crippen LogP contribution in [0.4, 0.5) is 14.5 Å². The van der Waals surface area contributed by atoms with Crippen molar-refractivity contribution in [2.75, 3.05) is 32.1 Å². The summed E-state index contributed by atoms with van der Waals surface area (Å²) in [6.45, 7) is 2.71. The summed E-state index contributed by atoms with van der Waals surface area (Å²) in [6.07, 6.45) is 2.93. The van der Waals surface area contributed by atoms with Gasteiger partial charge in [0, 0.05) is 31.4 Å². The number of halogens is 2. The number of amides is 2. The molecular weight excluding hydrogens is 446 g/mol. The molecule has 10 heteroatoms. The van der Waals surface area contributed by atoms with Crippen LogP contribution >= 0.6 is 0 Å². The summed E-state index contributed by atoms with van der Waals surface area (Å²) in [6, 6.07) is 10.5. The number of carbonyl (C=O) groups is 2. The molecule has 0 spiro atoms. The third kappa shape index (κ3) is 7.88. The van der Waals surface area contributed by atoms with Gasteiger partial charge in [-0.25, -0.2) is 8.78 Å². The molecule has 8 nitrogen and oxygen atoms in total. The van der Waals surface area contributed by atoms with E-state index < -0.39 is 11.6 Å². The molecule has 0 unspecified atom stereocenters. The van der Waals surface area contributed by atoms with E-state index in [1.807, 2.05) is 31.2 Å². The third-order valence-corrected chi connectivity index (χ3v) is 4.79. The number of ether oxygens (including phenoxy) is 2. The number of nitrogens with zero attached hydrogens (tertiary/aromatic N) is 3. The Labute approximate surface area is 196 Å². The van der Waals surface area contributed by atoms with Gasteiger partial charge in [-0.05, 0) is 19.1 Å². The maximum absolute atomic E-state index is 13.1. The van der Waals surface area contributed by atoms with Crippen LogP contribution in [0.15, 0.2) is 54.9 Å². The highest BCUT2D eigenvalue weighted by atomic mass is 19.1. The van der Waals surface area contributed by atoms with Gasteiger partial charge >= 0.3 is 0 Å². The molecule has 0 bridgehead atoms. The minimum atomic E-state index is -0.758. The first kappa shape index (κ1) is 24.7. The summed E-state index contributed by atoms with van der Waals surface area (Å²) >= 11 is 0. The quantitative estimate of drug-likeness (QED) is 0.462. The Balaban J connectivity index is 1.37. The zero-order valence-electron chi connectivity index (χ0n) is 19.0. The van der Waals surface area contributed by atoms with E-state index in [0.29, 0.717) is 18.8 Å². The number of likely N-dealkylation sites (N-methyl/N-ethyl adjacent to an activating group) is 1. The van der Waals surface area contributed by atoms with Crippen molar-refractivity contribution in [2.24, 2.45) is 0 Å². The third-order valence-electron chi connectivity index (χ3n) is 4.79. The van der Waals surface area contributed by atoms with Crippen molar-refractivity contribution in [2.45, 2.75) is 19.9 Å². The SMILES string of the molecule is Cc1ccc(OCCN(C)C(=O)Cn2cc(NC(=O)CCOc3cc(F)cc(F)c3)cn2)cc1. The average molecular weight is 472 g/mol. The van der Waals surface area contributed by atoms with Gasteiger partial charge in [-0.3, -0.25) is 14.3 Å². The molecule has 2 aromatic carbocycles. The second-order valence-electron chi connectivity index (χ2n) is 7.66. The lowest BCUT2D eigenvalue weighted by molar-refractivity contribution is -0.131. The average Bonchev–Trinajstić information content (AvgIpc) is 3.20. The van der Waals surface area contributed by atoms with Crippen molar-refractivity contribution < 1.29 is 27.8 Å². The second-order valence-corrected chi connectivity index (χ2v) is 7.66. The van der Waals surface area contributed by atoms with Gasteiger partial charge < -0.3 is 19.7 Å². The van der Waals surface area contributed by atoms with E-state index >= 15 is 0 Å². The van der Waals surface area contributed by atoms with E-state index in [-0.39, 0.29) is 37.1 Å². The Morgan fingerprint density at radius 1 is 1.03 bits per heavy atom. The topological polar surface area (TPSA) is 85.7 Å². The van der Waals surface area contributed by atoms with Crippen LogP contribution < -0.4 is 14.8 Å². The first-order valence-corrected chi connectivity index (χ1v) is 10.6. The molecule has 0 aliphatic rings. The first-order chi connectivity index (χ1) is 16.3. The highest BCUT2D eigenvalue weighted by Gasteiger charge is 2.12. The number of benzene rings is 2. The Kier molecular flexibility index (Phi) is 8.55. The number of hydrogen-bond donors (Lipinski definition) is 1. The van der Waals surface area contributed by atoms with Gasteiger partial charge in [0.1, 0.15) is 36.3 Å². The van der Waals surface area contributed by atoms with Crippen LogP contribution in [-0.4, -0.2) is 53.3 Å². The highest BCUT2D eigenvalue weighted by molar-refractivity contribution is 5.90. The predicted molar refractivity (Wildman–Crippen MR) is 122 cm³/mol. The Morgan fingerprint density at radius 3 is 2.41 bits per heavy atom. The molecule has 0 atom stereocenters. The molecule has 34 heavy (non-hydrogen) atoms. The van der Waals surface area contributed by atoms with Crippen LogP contribution in [0.1, 0.15) is 12.0 Å². The first-order valence-electron chi connectivity index (χ1n) is 10.6. The Bertz CT molecular complexity index is 1100. The number of aryl methyl sites for hydroxylation is 1. The largest absolute Gasteiger partial charge is 0.493 e. The Morgan fingerprint density at radius 2 is 1.71 bits per heavy atom. The van der Waals surface area contributed by atoms with E-state index in [1.165, 1.54) is 17.1 Å². The molecular formula is C24H26F2N4O4. The summed E-state index contributed by atoms with van der Waals surface area (Å²) in [5.74, 6) is -1.30. The summed E-state index contributed by atoms with van der Waals surface area (Å²) in [5.41, 5.74) is 1.56. The predicted octanol–water partition coefficient (Wildman–Crippen LogP) is 3.41. The molecule has 1 heterocycles. The number of carbonyl (C=O) groups excluding carboxylic acids is 2. The molecule has 0 aliphatic carbocycles. The van der Waals surface area contributed by atoms with Gasteiger partial charge in [-0.2, -0.15) is 5.10 Å². The van der Waals surface area contributed by atoms with E-state index in [9.17, 15) is 18.4 Å². The van der Waals surface area contributed by atoms with E-state index in [0.717, 1.165) is 29.5 Å². The lowest BCUT2D eigenvalue weighted by atomic mass is 10.2. The molecule has 0 saturated carbocycles. The highest BCUT2D eigenvalue weighted by Crippen LogP contribution is 2.16. The molecule has 0 radical (unpaired) electrons. The lowest BCUT2D eigenvalue weighted by Crippen LogP contribution is -2.33. The summed E-state index contributed by atoms with van der Waals surface area (Å²) < 4.78 is 38.6. The number of aromatic nitrogens is 2. The number of hydrogen-bond acceptors (Lipinski definition) is 5. The maximum atomic E-state index is 13.1. The fraction of sp³-hybridized carbons (Fsp3) is 0.292. The van der Waals surface area contributed by atoms with Crippen LogP contribution in [0.5, 0.6) is 11.5 Å². The van der Waals surface area contributed by atoms with Crippen LogP contribution in [-0.2, 0) is 16.1 Å². The van der Waals surface area contributed by atoms with Gasteiger partial charge in [-0.1, -0.05) is 17.7 Å². The molecule has 180 valence electrons. The molecule has 3 rings (SSSR count). The van der Waals surface area contributed by atoms with E-state index in [2.05, 4.69) is 10.4 Å². The smallest absolute Gasteiger partial charge is 0.244 e. The normalized spacial score (nSPS) is 10.6. The fourth-order valence-electron chi connectivity index (χ4n) is 2.93. The van der Waals surface area contributed by atoms with E-state index in [1.54, 1.807) is 11.9 Å². The molecule has 0 saturated heterocycles. The number of anilines is 1. The van der Waals surface area contributed by atoms with Gasteiger partial charge in [0.15, 0.2) is 0 Å². The summed E-state index contributed by atoms with van der Waals surface area (Å²) in [4.78, 5) is 26.0. The van der Waals surface area contributed by atoms with Crippen molar-refractivity contribution in [3.63, 3.8) is 0 Å². The van der Waals surface area contributed by atoms with Crippen molar-refractivity contribution in [3.05, 3.63) is 72.1 Å². The number of nitrogens with one attached hydrogen (secondary N) is 1. The van der Waals surface area contributed by atoms with E-state index in [4.69, 9.17) is 9.47 Å². The molecule has 0 aliphatic heterocycles. The fourth-order valence-corrected chi connectivity index (χ4v) is 2.93. The molecule has 3 aromatic rings. The van der Waals surface area contributed by atoms with Gasteiger partial charge in [-0.15, -0.1) is 0 Å². The van der Waals surface area contributed by atoms with Crippen molar-refractivity contribution in [1.82, 2.24) is 14.7 Å². The van der Waals surface area contributed by atoms with Crippen LogP contribution in [0.3, 0.4) is 0 Å². The standard InChI is InChI=1S/C24H26F2N4O4/c1-17-3-5-21(6-4-17)34-10-8-29(2)24(32)16-30-15-20(14-27-30)28-23(31)7-9-33-22-12-18(25)11-19(26)13-22/h3-6,11-15H,7-10,16H2,1-2H3,(H,28,31). The van der Waals surface area contributed by atoms with Gasteiger partial charge in [0.25, 0.3) is 0 Å². The zero-order valence-corrected chi connectivity index (χ0v) is 19.0. The van der Waals surface area contributed by atoms with Crippen molar-refractivity contribution in [1.29, 1.82) is 0 Å². The summed E-state index contributed by atoms with van der Waals surface area (Å²) in [5, 5.41) is 6.72. The lowest BCUT2D eigenvalue weighted by Gasteiger charge is -2.17. The molecule has 1 aromatic heterocycles. The van der Waals surface area contributed by atoms with Crippen LogP contribution in [0.2, 0.25) is 0 Å². The summed E-state index contributed by atoms with van der Waals surface area (Å²) in [7, 11) is 1.68. The minimum Gasteiger partial charge on any atom is -0.493 e. The Hall–Kier alpha value is -3.95. The van der Waals surface area contributed by atoms with Crippen molar-refractivity contribution >= 4 is 17.5 Å². The zero-order chi connectivity index (χ0) is 24.5. The minimum absolute atomic E-state index is 0.00465. The molecule has 0 fully saturated rings.